The van der Waals surface area contributed by atoms with E-state index in [1.807, 2.05) is 0 Å². The summed E-state index contributed by atoms with van der Waals surface area (Å²) >= 11 is 0. The van der Waals surface area contributed by atoms with E-state index < -0.39 is 0 Å². The monoisotopic (exact) mass is 312 g/mol. The molecule has 0 aromatic rings. The van der Waals surface area contributed by atoms with Crippen molar-refractivity contribution in [1.29, 1.82) is 0 Å². The molecular weight excluding hydrogens is 312 g/mol. The average Bonchev–Trinajstić information content (AvgIpc) is 0. The van der Waals surface area contributed by atoms with Crippen LogP contribution in [0.5, 0.6) is 0 Å². The summed E-state index contributed by atoms with van der Waals surface area (Å²) in [6.07, 6.45) is 0. The zero-order chi connectivity index (χ0) is 0. The van der Waals surface area contributed by atoms with Gasteiger partial charge in [-0.05, 0) is 0 Å². The van der Waals surface area contributed by atoms with Gasteiger partial charge in [0.2, 0.25) is 0 Å². The van der Waals surface area contributed by atoms with Gasteiger partial charge < -0.3 is 0 Å². The summed E-state index contributed by atoms with van der Waals surface area (Å²) in [4.78, 5) is 0. The van der Waals surface area contributed by atoms with Gasteiger partial charge >= 0.3 is 23.1 Å². The Hall–Kier alpha value is 3.66. The third-order valence-electron chi connectivity index (χ3n) is 0. The van der Waals surface area contributed by atoms with Crippen LogP contribution in [0, 0.1) is 0 Å². The second-order valence-corrected chi connectivity index (χ2v) is 0. The first-order valence-corrected chi connectivity index (χ1v) is 0. The van der Waals surface area contributed by atoms with Crippen LogP contribution in [0.4, 0.5) is 0 Å². The van der Waals surface area contributed by atoms with Crippen molar-refractivity contribution in [3.8, 4) is 0 Å². The van der Waals surface area contributed by atoms with E-state index >= 15 is 0 Å². The van der Waals surface area contributed by atoms with Gasteiger partial charge in [0.15, 0.2) is 0 Å². The normalized spacial score (nSPS) is 0. The van der Waals surface area contributed by atoms with E-state index in [1.54, 1.807) is 0 Å². The van der Waals surface area contributed by atoms with E-state index in [-0.39, 0.29) is 115 Å². The molecule has 2 radical (unpaired) electrons. The molecule has 0 amide bonds. The minimum atomic E-state index is 0. The van der Waals surface area contributed by atoms with Crippen molar-refractivity contribution in [3.63, 3.8) is 0 Å². The Bertz CT molecular complexity index is 15.5. The summed E-state index contributed by atoms with van der Waals surface area (Å²) in [7, 11) is 0. The van der Waals surface area contributed by atoms with Gasteiger partial charge in [-0.1, -0.05) is 0 Å². The first-order valence-electron chi connectivity index (χ1n) is 0. The summed E-state index contributed by atoms with van der Waals surface area (Å²) in [6.45, 7) is 0. The molecule has 0 aromatic carbocycles. The van der Waals surface area contributed by atoms with E-state index in [0.29, 0.717) is 0 Å². The molecule has 0 nitrogen and oxygen atoms in total. The van der Waals surface area contributed by atoms with E-state index in [9.17, 15) is 0 Å². The zero-order valence-electron chi connectivity index (χ0n) is 2.24. The van der Waals surface area contributed by atoms with Gasteiger partial charge in [-0.2, -0.15) is 0 Å². The molecule has 0 heterocycles. The number of hydrogen-bond donors (Lipinski definition) is 0. The van der Waals surface area contributed by atoms with Crippen molar-refractivity contribution in [3.05, 3.63) is 0 Å². The fourth-order valence-electron chi connectivity index (χ4n) is 0. The molecule has 0 aliphatic rings. The minimum absolute atomic E-state index is 0. The molecule has 6 heteroatoms. The summed E-state index contributed by atoms with van der Waals surface area (Å²) in [5, 5.41) is 0. The summed E-state index contributed by atoms with van der Waals surface area (Å²) in [5.41, 5.74) is 0. The Labute approximate surface area is 113 Å². The molecule has 0 rings (SSSR count). The standard InChI is InChI=1S/Cu.Fe.Mg.Mn.Ti.Zn.2H. The molecule has 6 heavy (non-hydrogen) atoms. The Morgan fingerprint density at radius 2 is 1.00 bits per heavy atom. The van der Waals surface area contributed by atoms with E-state index in [2.05, 4.69) is 0 Å². The van der Waals surface area contributed by atoms with Crippen LogP contribution in [0.2, 0.25) is 0 Å². The largest absolute Gasteiger partial charge is 0.316 e. The zero-order valence-corrected chi connectivity index (χ0v) is 10.00. The van der Waals surface area contributed by atoms with E-state index in [4.69, 9.17) is 0 Å². The van der Waals surface area contributed by atoms with E-state index in [0.717, 1.165) is 0 Å². The molecule has 0 N–H and O–H groups in total. The first-order chi connectivity index (χ1) is 0. The molecule has 0 unspecified atom stereocenters. The van der Waals surface area contributed by atoms with Crippen LogP contribution in [0.25, 0.3) is 0 Å². The predicted octanol–water partition coefficient (Wildman–Crippen LogP) is -0.929. The van der Waals surface area contributed by atoms with Gasteiger partial charge in [0.1, 0.15) is 0 Å². The van der Waals surface area contributed by atoms with Crippen LogP contribution in [0.1, 0.15) is 0 Å². The molecular formula is H2CuFeMgMnTiZn. The van der Waals surface area contributed by atoms with Crippen LogP contribution in [-0.2, 0) is 92.4 Å². The molecule has 0 saturated carbocycles. The molecule has 0 saturated heterocycles. The maximum atomic E-state index is 0. The Morgan fingerprint density at radius 3 is 1.00 bits per heavy atom. The molecule has 0 aliphatic carbocycles. The van der Waals surface area contributed by atoms with Crippen molar-refractivity contribution < 1.29 is 92.4 Å². The van der Waals surface area contributed by atoms with Gasteiger partial charge in [0.25, 0.3) is 0 Å². The number of rotatable bonds is 0. The van der Waals surface area contributed by atoms with Gasteiger partial charge in [-0.3, -0.25) is 0 Å². The SMILES string of the molecule is [Cu].[Fe].[MgH2].[Mn].[Ti].[Zn]. The Morgan fingerprint density at radius 1 is 1.00 bits per heavy atom. The Balaban J connectivity index is 0. The fraction of sp³-hybridized carbons (Fsp3) is 0. The minimum Gasteiger partial charge on any atom is 0 e. The molecule has 0 bridgehead atoms. The van der Waals surface area contributed by atoms with E-state index in [1.165, 1.54) is 0 Å². The predicted molar refractivity (Wildman–Crippen MR) is 8.54 cm³/mol. The molecule has 0 spiro atoms. The number of hydrogen-bond acceptors (Lipinski definition) is 0. The van der Waals surface area contributed by atoms with Gasteiger partial charge in [-0.15, -0.1) is 0 Å². The van der Waals surface area contributed by atoms with Crippen LogP contribution >= 0.6 is 0 Å². The van der Waals surface area contributed by atoms with Crippen LogP contribution < -0.4 is 0 Å². The Kier molecular flexibility index (Phi) is 342. The topological polar surface area (TPSA) is 0 Å². The summed E-state index contributed by atoms with van der Waals surface area (Å²) in [6, 6.07) is 0. The molecule has 0 fully saturated rings. The second-order valence-electron chi connectivity index (χ2n) is 0. The molecule has 0 aliphatic heterocycles. The smallest absolute Gasteiger partial charge is 0 e. The molecule has 0 aromatic heterocycles. The van der Waals surface area contributed by atoms with Crippen molar-refractivity contribution in [2.24, 2.45) is 0 Å². The summed E-state index contributed by atoms with van der Waals surface area (Å²) < 4.78 is 0. The maximum Gasteiger partial charge on any atom is 0.316 e. The van der Waals surface area contributed by atoms with Crippen LogP contribution in [-0.4, -0.2) is 23.1 Å². The van der Waals surface area contributed by atoms with Crippen LogP contribution in [0.15, 0.2) is 0 Å². The van der Waals surface area contributed by atoms with Crippen molar-refractivity contribution in [1.82, 2.24) is 0 Å². The summed E-state index contributed by atoms with van der Waals surface area (Å²) in [5.74, 6) is 0. The second kappa shape index (κ2) is 37.9. The van der Waals surface area contributed by atoms with Gasteiger partial charge in [0, 0.05) is 92.4 Å². The average molecular weight is 314 g/mol. The van der Waals surface area contributed by atoms with Crippen molar-refractivity contribution in [2.75, 3.05) is 0 Å². The van der Waals surface area contributed by atoms with Crippen molar-refractivity contribution in [2.45, 2.75) is 0 Å². The third kappa shape index (κ3) is 25.4. The maximum absolute atomic E-state index is 0. The molecule has 0 atom stereocenters. The third-order valence-corrected chi connectivity index (χ3v) is 0. The fourth-order valence-corrected chi connectivity index (χ4v) is 0. The van der Waals surface area contributed by atoms with Gasteiger partial charge in [0.05, 0.1) is 0 Å². The van der Waals surface area contributed by atoms with Crippen LogP contribution in [0.3, 0.4) is 0 Å². The first kappa shape index (κ1) is 54.1. The van der Waals surface area contributed by atoms with Gasteiger partial charge in [-0.25, -0.2) is 0 Å². The van der Waals surface area contributed by atoms with Crippen molar-refractivity contribution >= 4 is 23.1 Å². The molecule has 36 valence electrons. The quantitative estimate of drug-likeness (QED) is 0.507.